The van der Waals surface area contributed by atoms with Crippen LogP contribution in [0.1, 0.15) is 11.1 Å². The lowest BCUT2D eigenvalue weighted by molar-refractivity contribution is -0.139. The van der Waals surface area contributed by atoms with Crippen molar-refractivity contribution in [3.8, 4) is 0 Å². The van der Waals surface area contributed by atoms with Crippen LogP contribution in [0.3, 0.4) is 0 Å². The molecule has 0 aromatic heterocycles. The molecule has 2 aromatic carbocycles. The lowest BCUT2D eigenvalue weighted by atomic mass is 9.83. The first-order valence-electron chi connectivity index (χ1n) is 7.51. The van der Waals surface area contributed by atoms with E-state index in [1.54, 1.807) is 48.5 Å². The van der Waals surface area contributed by atoms with Gasteiger partial charge >= 0.3 is 6.09 Å². The highest BCUT2D eigenvalue weighted by atomic mass is 16.4. The fourth-order valence-electron chi connectivity index (χ4n) is 2.63. The van der Waals surface area contributed by atoms with Crippen LogP contribution in [0, 0.1) is 0 Å². The molecule has 0 bridgehead atoms. The predicted octanol–water partition coefficient (Wildman–Crippen LogP) is 1.32. The van der Waals surface area contributed by atoms with E-state index in [0.29, 0.717) is 5.56 Å². The summed E-state index contributed by atoms with van der Waals surface area (Å²) in [7, 11) is 0. The molecule has 0 heterocycles. The highest BCUT2D eigenvalue weighted by Gasteiger charge is 2.43. The minimum atomic E-state index is -2.05. The normalized spacial score (nSPS) is 14.4. The smallest absolute Gasteiger partial charge is 0.405 e. The second-order valence-electron chi connectivity index (χ2n) is 5.64. The third-order valence-electron chi connectivity index (χ3n) is 3.90. The van der Waals surface area contributed by atoms with Crippen LogP contribution in [0.2, 0.25) is 0 Å². The van der Waals surface area contributed by atoms with Crippen LogP contribution in [-0.4, -0.2) is 33.9 Å². The lowest BCUT2D eigenvalue weighted by Gasteiger charge is -2.33. The van der Waals surface area contributed by atoms with Gasteiger partial charge in [-0.3, -0.25) is 4.79 Å². The molecule has 0 saturated carbocycles. The van der Waals surface area contributed by atoms with E-state index in [-0.39, 0.29) is 12.8 Å². The van der Waals surface area contributed by atoms with Crippen LogP contribution < -0.4 is 11.1 Å². The minimum Gasteiger partial charge on any atom is -0.465 e. The molecule has 5 N–H and O–H groups in total. The van der Waals surface area contributed by atoms with Gasteiger partial charge in [0.05, 0.1) is 6.04 Å². The molecule has 0 spiro atoms. The number of primary amides is 1. The third kappa shape index (κ3) is 4.33. The number of hydrogen-bond donors (Lipinski definition) is 4. The molecule has 0 aliphatic rings. The van der Waals surface area contributed by atoms with E-state index in [4.69, 9.17) is 10.8 Å². The molecule has 6 heteroatoms. The lowest BCUT2D eigenvalue weighted by Crippen LogP contribution is -2.61. The van der Waals surface area contributed by atoms with Crippen LogP contribution >= 0.6 is 0 Å². The zero-order valence-electron chi connectivity index (χ0n) is 13.1. The first-order chi connectivity index (χ1) is 11.4. The largest absolute Gasteiger partial charge is 0.465 e. The number of rotatable bonds is 7. The van der Waals surface area contributed by atoms with Crippen LogP contribution in [0.4, 0.5) is 4.79 Å². The van der Waals surface area contributed by atoms with Crippen molar-refractivity contribution < 1.29 is 19.8 Å². The summed E-state index contributed by atoms with van der Waals surface area (Å²) in [6.45, 7) is 0. The molecule has 2 aromatic rings. The van der Waals surface area contributed by atoms with Crippen molar-refractivity contribution in [2.75, 3.05) is 0 Å². The molecule has 2 rings (SSSR count). The Hall–Kier alpha value is -2.86. The van der Waals surface area contributed by atoms with Gasteiger partial charge < -0.3 is 21.3 Å². The van der Waals surface area contributed by atoms with Gasteiger partial charge in [0, 0.05) is 6.42 Å². The van der Waals surface area contributed by atoms with Gasteiger partial charge in [-0.15, -0.1) is 0 Å². The second-order valence-corrected chi connectivity index (χ2v) is 5.64. The summed E-state index contributed by atoms with van der Waals surface area (Å²) >= 11 is 0. The van der Waals surface area contributed by atoms with E-state index >= 15 is 0 Å². The average molecular weight is 328 g/mol. The van der Waals surface area contributed by atoms with Gasteiger partial charge in [-0.1, -0.05) is 60.7 Å². The van der Waals surface area contributed by atoms with Crippen molar-refractivity contribution in [2.45, 2.75) is 24.5 Å². The molecule has 126 valence electrons. The van der Waals surface area contributed by atoms with Gasteiger partial charge in [-0.2, -0.15) is 0 Å². The number of amides is 2. The van der Waals surface area contributed by atoms with E-state index in [2.05, 4.69) is 5.32 Å². The van der Waals surface area contributed by atoms with Crippen molar-refractivity contribution in [3.05, 3.63) is 71.8 Å². The number of carbonyl (C=O) groups excluding carboxylic acids is 1. The van der Waals surface area contributed by atoms with E-state index in [9.17, 15) is 14.7 Å². The number of carboxylic acid groups (broad SMARTS) is 1. The van der Waals surface area contributed by atoms with Crippen molar-refractivity contribution in [3.63, 3.8) is 0 Å². The molecule has 24 heavy (non-hydrogen) atoms. The predicted molar refractivity (Wildman–Crippen MR) is 89.4 cm³/mol. The highest BCUT2D eigenvalue weighted by molar-refractivity contribution is 5.85. The number of aliphatic hydroxyl groups is 1. The maximum absolute atomic E-state index is 12.0. The summed E-state index contributed by atoms with van der Waals surface area (Å²) in [6, 6.07) is 16.8. The fourth-order valence-corrected chi connectivity index (χ4v) is 2.63. The van der Waals surface area contributed by atoms with E-state index in [1.165, 1.54) is 0 Å². The van der Waals surface area contributed by atoms with E-state index in [0.717, 1.165) is 5.56 Å². The zero-order chi connectivity index (χ0) is 17.6. The maximum atomic E-state index is 12.0. The monoisotopic (exact) mass is 328 g/mol. The molecule has 0 saturated heterocycles. The maximum Gasteiger partial charge on any atom is 0.405 e. The average Bonchev–Trinajstić information content (AvgIpc) is 2.55. The van der Waals surface area contributed by atoms with E-state index < -0.39 is 23.6 Å². The Morgan fingerprint density at radius 3 is 1.96 bits per heavy atom. The van der Waals surface area contributed by atoms with Gasteiger partial charge in [0.1, 0.15) is 0 Å². The topological polar surface area (TPSA) is 113 Å². The molecular formula is C18H20N2O4. The van der Waals surface area contributed by atoms with Crippen molar-refractivity contribution >= 4 is 12.0 Å². The Kier molecular flexibility index (Phi) is 5.55. The number of benzene rings is 2. The molecule has 0 aliphatic heterocycles. The number of hydrogen-bond acceptors (Lipinski definition) is 3. The summed E-state index contributed by atoms with van der Waals surface area (Å²) in [4.78, 5) is 23.1. The molecule has 2 amide bonds. The molecule has 2 atom stereocenters. The highest BCUT2D eigenvalue weighted by Crippen LogP contribution is 2.21. The van der Waals surface area contributed by atoms with Crippen LogP contribution in [-0.2, 0) is 17.6 Å². The zero-order valence-corrected chi connectivity index (χ0v) is 13.1. The van der Waals surface area contributed by atoms with Crippen LogP contribution in [0.25, 0.3) is 0 Å². The summed E-state index contributed by atoms with van der Waals surface area (Å²) in [6.07, 6.45) is -1.27. The number of carbonyl (C=O) groups is 2. The molecule has 6 nitrogen and oxygen atoms in total. The standard InChI is InChI=1S/C18H20N2O4/c19-16(21)18(24,12-14-9-5-2-6-10-14)15(20-17(22)23)11-13-7-3-1-4-8-13/h1-10,15,20,24H,11-12H2,(H2,19,21)(H,22,23)/t15?,18-/m0/s1. The SMILES string of the molecule is NC(=O)[C@](O)(Cc1ccccc1)C(Cc1ccccc1)NC(=O)O. The quantitative estimate of drug-likeness (QED) is 0.614. The molecular weight excluding hydrogens is 308 g/mol. The van der Waals surface area contributed by atoms with Crippen molar-refractivity contribution in [1.29, 1.82) is 0 Å². The minimum absolute atomic E-state index is 0.0824. The Balaban J connectivity index is 2.33. The van der Waals surface area contributed by atoms with Crippen molar-refractivity contribution in [1.82, 2.24) is 5.32 Å². The van der Waals surface area contributed by atoms with Gasteiger partial charge in [0.15, 0.2) is 5.60 Å². The first-order valence-corrected chi connectivity index (χ1v) is 7.51. The number of nitrogens with one attached hydrogen (secondary N) is 1. The fraction of sp³-hybridized carbons (Fsp3) is 0.222. The Labute approximate surface area is 139 Å². The number of nitrogens with two attached hydrogens (primary N) is 1. The second kappa shape index (κ2) is 7.61. The van der Waals surface area contributed by atoms with Crippen molar-refractivity contribution in [2.24, 2.45) is 5.73 Å². The first kappa shape index (κ1) is 17.5. The van der Waals surface area contributed by atoms with E-state index in [1.807, 2.05) is 12.1 Å². The summed E-state index contributed by atoms with van der Waals surface area (Å²) < 4.78 is 0. The van der Waals surface area contributed by atoms with Gasteiger partial charge in [-0.05, 0) is 17.5 Å². The summed E-state index contributed by atoms with van der Waals surface area (Å²) in [5.74, 6) is -0.971. The summed E-state index contributed by atoms with van der Waals surface area (Å²) in [5.41, 5.74) is 4.85. The molecule has 0 radical (unpaired) electrons. The Bertz CT molecular complexity index is 691. The van der Waals surface area contributed by atoms with Crippen LogP contribution in [0.5, 0.6) is 0 Å². The third-order valence-corrected chi connectivity index (χ3v) is 3.90. The summed E-state index contributed by atoms with van der Waals surface area (Å²) in [5, 5.41) is 22.2. The molecule has 0 aliphatic carbocycles. The Morgan fingerprint density at radius 2 is 1.50 bits per heavy atom. The Morgan fingerprint density at radius 1 is 1.00 bits per heavy atom. The van der Waals surface area contributed by atoms with Gasteiger partial charge in [0.2, 0.25) is 0 Å². The molecule has 1 unspecified atom stereocenters. The van der Waals surface area contributed by atoms with Gasteiger partial charge in [-0.25, -0.2) is 4.79 Å². The van der Waals surface area contributed by atoms with Crippen LogP contribution in [0.15, 0.2) is 60.7 Å². The molecule has 0 fully saturated rings. The van der Waals surface area contributed by atoms with Gasteiger partial charge in [0.25, 0.3) is 5.91 Å².